The van der Waals surface area contributed by atoms with E-state index in [1.807, 2.05) is 60.7 Å². The minimum Gasteiger partial charge on any atom is -0.208 e. The average molecular weight is 586 g/mol. The van der Waals surface area contributed by atoms with E-state index in [2.05, 4.69) is 108 Å². The van der Waals surface area contributed by atoms with Crippen molar-refractivity contribution in [2.24, 2.45) is 5.41 Å². The van der Waals surface area contributed by atoms with Crippen LogP contribution in [0.25, 0.3) is 56.4 Å². The van der Waals surface area contributed by atoms with Gasteiger partial charge in [-0.05, 0) is 61.8 Å². The third-order valence-electron chi connectivity index (χ3n) is 10.9. The van der Waals surface area contributed by atoms with Gasteiger partial charge in [-0.25, -0.2) is 15.0 Å². The third kappa shape index (κ3) is 4.69. The molecule has 0 amide bonds. The SMILES string of the molecule is CC1(C)c2cc(-c3ccccc3)c(-c3ccc(-c4nc(-c5ccccc5)nc(-c5ccccc5)n4)cc3)cc2C(C)(C)C1(C)C. The lowest BCUT2D eigenvalue weighted by Crippen LogP contribution is -2.42. The molecule has 0 spiro atoms. The summed E-state index contributed by atoms with van der Waals surface area (Å²) in [5, 5.41) is 0. The second kappa shape index (κ2) is 10.6. The second-order valence-electron chi connectivity index (χ2n) is 13.8. The van der Waals surface area contributed by atoms with Crippen LogP contribution >= 0.6 is 0 Å². The topological polar surface area (TPSA) is 38.7 Å². The maximum atomic E-state index is 4.94. The highest BCUT2D eigenvalue weighted by molar-refractivity contribution is 5.86. The number of aromatic nitrogens is 3. The van der Waals surface area contributed by atoms with Crippen molar-refractivity contribution in [2.45, 2.75) is 52.4 Å². The lowest BCUT2D eigenvalue weighted by atomic mass is 9.59. The summed E-state index contributed by atoms with van der Waals surface area (Å²) in [6, 6.07) is 44.7. The Bertz CT molecular complexity index is 1930. The number of benzene rings is 5. The molecule has 5 aromatic carbocycles. The van der Waals surface area contributed by atoms with Gasteiger partial charge in [0.2, 0.25) is 0 Å². The quantitative estimate of drug-likeness (QED) is 0.202. The van der Waals surface area contributed by atoms with Gasteiger partial charge in [0.25, 0.3) is 0 Å². The largest absolute Gasteiger partial charge is 0.208 e. The van der Waals surface area contributed by atoms with Crippen molar-refractivity contribution in [3.05, 3.63) is 139 Å². The van der Waals surface area contributed by atoms with E-state index < -0.39 is 0 Å². The van der Waals surface area contributed by atoms with Crippen molar-refractivity contribution < 1.29 is 0 Å². The highest BCUT2D eigenvalue weighted by atomic mass is 15.0. The van der Waals surface area contributed by atoms with Crippen molar-refractivity contribution in [1.29, 1.82) is 0 Å². The Morgan fingerprint density at radius 3 is 1.02 bits per heavy atom. The zero-order chi connectivity index (χ0) is 31.4. The Labute approximate surface area is 267 Å². The van der Waals surface area contributed by atoms with Crippen LogP contribution in [0.2, 0.25) is 0 Å². The van der Waals surface area contributed by atoms with Gasteiger partial charge in [0.15, 0.2) is 17.5 Å². The first-order valence-corrected chi connectivity index (χ1v) is 15.8. The van der Waals surface area contributed by atoms with Crippen LogP contribution in [-0.4, -0.2) is 15.0 Å². The zero-order valence-corrected chi connectivity index (χ0v) is 27.0. The van der Waals surface area contributed by atoms with Gasteiger partial charge in [-0.1, -0.05) is 157 Å². The lowest BCUT2D eigenvalue weighted by Gasteiger charge is -2.44. The monoisotopic (exact) mass is 585 g/mol. The number of rotatable bonds is 5. The molecule has 222 valence electrons. The number of nitrogens with zero attached hydrogens (tertiary/aromatic N) is 3. The fraction of sp³-hybridized carbons (Fsp3) is 0.214. The molecule has 3 heteroatoms. The maximum Gasteiger partial charge on any atom is 0.164 e. The molecule has 0 aliphatic heterocycles. The molecular weight excluding hydrogens is 546 g/mol. The minimum atomic E-state index is 0.0162. The van der Waals surface area contributed by atoms with Crippen LogP contribution in [0.15, 0.2) is 127 Å². The summed E-state index contributed by atoms with van der Waals surface area (Å²) in [5.41, 5.74) is 10.8. The molecule has 0 atom stereocenters. The van der Waals surface area contributed by atoms with E-state index in [0.29, 0.717) is 17.5 Å². The third-order valence-corrected chi connectivity index (χ3v) is 10.9. The normalized spacial score (nSPS) is 15.9. The predicted octanol–water partition coefficient (Wildman–Crippen LogP) is 10.8. The first-order chi connectivity index (χ1) is 21.6. The summed E-state index contributed by atoms with van der Waals surface area (Å²) in [6.45, 7) is 14.5. The standard InChI is InChI=1S/C42H39N3/c1-40(2)35-26-33(28-16-10-7-11-17-28)34(27-36(35)41(3,4)42(40,5)6)29-22-24-32(25-23-29)39-44-37(30-18-12-8-13-19-30)43-38(45-39)31-20-14-9-15-21-31/h7-27H,1-6H3. The highest BCUT2D eigenvalue weighted by Gasteiger charge is 2.57. The van der Waals surface area contributed by atoms with Gasteiger partial charge < -0.3 is 0 Å². The first kappa shape index (κ1) is 28.9. The Hall–Kier alpha value is -4.89. The highest BCUT2D eigenvalue weighted by Crippen LogP contribution is 2.62. The van der Waals surface area contributed by atoms with E-state index in [9.17, 15) is 0 Å². The van der Waals surface area contributed by atoms with Crippen LogP contribution in [0.4, 0.5) is 0 Å². The molecule has 0 unspecified atom stereocenters. The van der Waals surface area contributed by atoms with Crippen molar-refractivity contribution in [1.82, 2.24) is 15.0 Å². The summed E-state index contributed by atoms with van der Waals surface area (Å²) in [7, 11) is 0. The fourth-order valence-electron chi connectivity index (χ4n) is 6.92. The Morgan fingerprint density at radius 1 is 0.356 bits per heavy atom. The van der Waals surface area contributed by atoms with E-state index in [0.717, 1.165) is 16.7 Å². The van der Waals surface area contributed by atoms with E-state index >= 15 is 0 Å². The predicted molar refractivity (Wildman–Crippen MR) is 187 cm³/mol. The molecule has 6 aromatic rings. The molecule has 0 radical (unpaired) electrons. The summed E-state index contributed by atoms with van der Waals surface area (Å²) in [6.07, 6.45) is 0. The van der Waals surface area contributed by atoms with E-state index in [1.54, 1.807) is 0 Å². The van der Waals surface area contributed by atoms with E-state index in [1.165, 1.54) is 33.4 Å². The van der Waals surface area contributed by atoms with Gasteiger partial charge in [-0.15, -0.1) is 0 Å². The van der Waals surface area contributed by atoms with Crippen molar-refractivity contribution in [3.8, 4) is 56.4 Å². The molecule has 7 rings (SSSR count). The van der Waals surface area contributed by atoms with Crippen LogP contribution in [0.1, 0.15) is 52.7 Å². The Balaban J connectivity index is 1.37. The second-order valence-corrected chi connectivity index (χ2v) is 13.8. The molecule has 1 aliphatic rings. The maximum absolute atomic E-state index is 4.94. The van der Waals surface area contributed by atoms with E-state index in [4.69, 9.17) is 15.0 Å². The summed E-state index contributed by atoms with van der Waals surface area (Å²) in [5.74, 6) is 2.00. The molecule has 0 fully saturated rings. The van der Waals surface area contributed by atoms with Crippen molar-refractivity contribution in [3.63, 3.8) is 0 Å². The van der Waals surface area contributed by atoms with Gasteiger partial charge in [-0.3, -0.25) is 0 Å². The van der Waals surface area contributed by atoms with Gasteiger partial charge in [-0.2, -0.15) is 0 Å². The number of hydrogen-bond donors (Lipinski definition) is 0. The molecule has 3 nitrogen and oxygen atoms in total. The molecule has 0 saturated carbocycles. The molecule has 1 aromatic heterocycles. The van der Waals surface area contributed by atoms with Crippen LogP contribution in [0, 0.1) is 5.41 Å². The van der Waals surface area contributed by atoms with Crippen LogP contribution in [-0.2, 0) is 10.8 Å². The number of hydrogen-bond acceptors (Lipinski definition) is 3. The molecule has 1 heterocycles. The first-order valence-electron chi connectivity index (χ1n) is 15.8. The Morgan fingerprint density at radius 2 is 0.644 bits per heavy atom. The van der Waals surface area contributed by atoms with E-state index in [-0.39, 0.29) is 16.2 Å². The minimum absolute atomic E-state index is 0.0162. The van der Waals surface area contributed by atoms with Gasteiger partial charge >= 0.3 is 0 Å². The average Bonchev–Trinajstić information content (AvgIpc) is 3.18. The van der Waals surface area contributed by atoms with Gasteiger partial charge in [0, 0.05) is 16.7 Å². The van der Waals surface area contributed by atoms with Gasteiger partial charge in [0.05, 0.1) is 0 Å². The summed E-state index contributed by atoms with van der Waals surface area (Å²) in [4.78, 5) is 14.7. The van der Waals surface area contributed by atoms with Gasteiger partial charge in [0.1, 0.15) is 0 Å². The molecule has 1 aliphatic carbocycles. The molecule has 45 heavy (non-hydrogen) atoms. The number of fused-ring (bicyclic) bond motifs is 1. The van der Waals surface area contributed by atoms with Crippen LogP contribution in [0.5, 0.6) is 0 Å². The zero-order valence-electron chi connectivity index (χ0n) is 27.0. The molecule has 0 saturated heterocycles. The van der Waals surface area contributed by atoms with Crippen LogP contribution in [0.3, 0.4) is 0 Å². The molecular formula is C42H39N3. The fourth-order valence-corrected chi connectivity index (χ4v) is 6.92. The smallest absolute Gasteiger partial charge is 0.164 e. The van der Waals surface area contributed by atoms with Crippen LogP contribution < -0.4 is 0 Å². The summed E-state index contributed by atoms with van der Waals surface area (Å²) >= 11 is 0. The molecule has 0 N–H and O–H groups in total. The summed E-state index contributed by atoms with van der Waals surface area (Å²) < 4.78 is 0. The lowest BCUT2D eigenvalue weighted by molar-refractivity contribution is 0.125. The molecule has 0 bridgehead atoms. The van der Waals surface area contributed by atoms with Crippen molar-refractivity contribution >= 4 is 0 Å². The van der Waals surface area contributed by atoms with Crippen molar-refractivity contribution in [2.75, 3.05) is 0 Å². The Kier molecular flexibility index (Phi) is 6.81.